The van der Waals surface area contributed by atoms with Gasteiger partial charge in [-0.15, -0.1) is 0 Å². The number of hydrogen-bond donors (Lipinski definition) is 1. The highest BCUT2D eigenvalue weighted by Crippen LogP contribution is 2.27. The van der Waals surface area contributed by atoms with Crippen LogP contribution in [-0.2, 0) is 16.1 Å². The molecule has 0 aliphatic rings. The Morgan fingerprint density at radius 3 is 2.41 bits per heavy atom. The van der Waals surface area contributed by atoms with E-state index in [9.17, 15) is 14.0 Å². The summed E-state index contributed by atoms with van der Waals surface area (Å²) in [5, 5.41) is 2.76. The smallest absolute Gasteiger partial charge is 0.339 e. The van der Waals surface area contributed by atoms with E-state index < -0.39 is 0 Å². The summed E-state index contributed by atoms with van der Waals surface area (Å²) in [4.78, 5) is 24.7. The van der Waals surface area contributed by atoms with Crippen LogP contribution in [0.15, 0.2) is 60.7 Å². The number of carbonyl (C=O) groups is 2. The van der Waals surface area contributed by atoms with Gasteiger partial charge < -0.3 is 14.6 Å². The van der Waals surface area contributed by atoms with E-state index in [0.717, 1.165) is 17.0 Å². The van der Waals surface area contributed by atoms with Crippen molar-refractivity contribution in [3.8, 4) is 11.3 Å². The normalized spacial score (nSPS) is 10.6. The molecule has 1 N–H and O–H groups in total. The molecule has 1 amide bonds. The highest BCUT2D eigenvalue weighted by Gasteiger charge is 2.19. The molecule has 0 fully saturated rings. The lowest BCUT2D eigenvalue weighted by molar-refractivity contribution is -0.116. The van der Waals surface area contributed by atoms with E-state index in [-0.39, 0.29) is 24.1 Å². The average molecular weight is 394 g/mol. The van der Waals surface area contributed by atoms with E-state index >= 15 is 0 Å². The number of hydrogen-bond acceptors (Lipinski definition) is 3. The van der Waals surface area contributed by atoms with E-state index in [1.165, 1.54) is 24.3 Å². The molecule has 0 atom stereocenters. The Kier molecular flexibility index (Phi) is 6.44. The van der Waals surface area contributed by atoms with Crippen LogP contribution in [0.4, 0.5) is 10.1 Å². The molecule has 1 heterocycles. The quantitative estimate of drug-likeness (QED) is 0.585. The number of esters is 1. The van der Waals surface area contributed by atoms with E-state index in [1.54, 1.807) is 13.0 Å². The van der Waals surface area contributed by atoms with Crippen molar-refractivity contribution in [2.24, 2.45) is 0 Å². The van der Waals surface area contributed by atoms with Crippen molar-refractivity contribution in [2.75, 3.05) is 11.9 Å². The molecule has 0 bridgehead atoms. The molecule has 6 heteroatoms. The van der Waals surface area contributed by atoms with Crippen LogP contribution >= 0.6 is 0 Å². The second-order valence-corrected chi connectivity index (χ2v) is 6.57. The second kappa shape index (κ2) is 9.19. The first kappa shape index (κ1) is 20.3. The number of halogens is 1. The predicted octanol–water partition coefficient (Wildman–Crippen LogP) is 4.81. The molecular formula is C23H23FN2O3. The zero-order valence-electron chi connectivity index (χ0n) is 16.4. The molecule has 0 aliphatic carbocycles. The van der Waals surface area contributed by atoms with Crippen LogP contribution in [-0.4, -0.2) is 23.1 Å². The largest absolute Gasteiger partial charge is 0.462 e. The SMILES string of the molecule is CCOC(=O)c1cc(-c2ccccc2)n(CCC(=O)Nc2ccc(F)cc2)c1C. The summed E-state index contributed by atoms with van der Waals surface area (Å²) in [5.74, 6) is -0.928. The number of amides is 1. The molecule has 0 radical (unpaired) electrons. The fourth-order valence-electron chi connectivity index (χ4n) is 3.17. The first-order valence-electron chi connectivity index (χ1n) is 9.47. The Bertz CT molecular complexity index is 995. The van der Waals surface area contributed by atoms with Crippen molar-refractivity contribution in [2.45, 2.75) is 26.8 Å². The summed E-state index contributed by atoms with van der Waals surface area (Å²) in [6.45, 7) is 4.30. The van der Waals surface area contributed by atoms with Crippen molar-refractivity contribution in [3.63, 3.8) is 0 Å². The van der Waals surface area contributed by atoms with Crippen molar-refractivity contribution in [1.82, 2.24) is 4.57 Å². The Morgan fingerprint density at radius 2 is 1.76 bits per heavy atom. The maximum Gasteiger partial charge on any atom is 0.339 e. The lowest BCUT2D eigenvalue weighted by Gasteiger charge is -2.12. The minimum absolute atomic E-state index is 0.193. The zero-order valence-corrected chi connectivity index (χ0v) is 16.4. The van der Waals surface area contributed by atoms with Gasteiger partial charge >= 0.3 is 5.97 Å². The number of nitrogens with zero attached hydrogens (tertiary/aromatic N) is 1. The van der Waals surface area contributed by atoms with Crippen molar-refractivity contribution in [3.05, 3.63) is 77.7 Å². The predicted molar refractivity (Wildman–Crippen MR) is 110 cm³/mol. The van der Waals surface area contributed by atoms with E-state index in [1.807, 2.05) is 41.8 Å². The van der Waals surface area contributed by atoms with E-state index in [0.29, 0.717) is 24.4 Å². The summed E-state index contributed by atoms with van der Waals surface area (Å²) >= 11 is 0. The molecule has 0 saturated carbocycles. The standard InChI is InChI=1S/C23H23FN2O3/c1-3-29-23(28)20-15-21(17-7-5-4-6-8-17)26(16(20)2)14-13-22(27)25-19-11-9-18(24)10-12-19/h4-12,15H,3,13-14H2,1-2H3,(H,25,27). The molecule has 150 valence electrons. The Labute approximate surface area is 169 Å². The van der Waals surface area contributed by atoms with Crippen molar-refractivity contribution in [1.29, 1.82) is 0 Å². The van der Waals surface area contributed by atoms with Gasteiger partial charge in [-0.2, -0.15) is 0 Å². The van der Waals surface area contributed by atoms with Gasteiger partial charge in [0.05, 0.1) is 12.2 Å². The van der Waals surface area contributed by atoms with Gasteiger partial charge in [0, 0.05) is 30.0 Å². The van der Waals surface area contributed by atoms with Gasteiger partial charge in [-0.05, 0) is 49.7 Å². The third kappa shape index (κ3) is 4.90. The lowest BCUT2D eigenvalue weighted by atomic mass is 10.1. The summed E-state index contributed by atoms with van der Waals surface area (Å²) in [7, 11) is 0. The number of benzene rings is 2. The van der Waals surface area contributed by atoms with Gasteiger partial charge in [0.25, 0.3) is 0 Å². The van der Waals surface area contributed by atoms with Gasteiger partial charge in [0.15, 0.2) is 0 Å². The minimum atomic E-state index is -0.378. The fraction of sp³-hybridized carbons (Fsp3) is 0.217. The summed E-state index contributed by atoms with van der Waals surface area (Å²) < 4.78 is 20.1. The third-order valence-electron chi connectivity index (χ3n) is 4.62. The molecule has 2 aromatic carbocycles. The van der Waals surface area contributed by atoms with Crippen molar-refractivity contribution < 1.29 is 18.7 Å². The number of ether oxygens (including phenoxy) is 1. The first-order chi connectivity index (χ1) is 14.0. The van der Waals surface area contributed by atoms with Gasteiger partial charge in [0.2, 0.25) is 5.91 Å². The third-order valence-corrected chi connectivity index (χ3v) is 4.62. The lowest BCUT2D eigenvalue weighted by Crippen LogP contribution is -2.16. The molecule has 0 spiro atoms. The molecule has 3 aromatic rings. The second-order valence-electron chi connectivity index (χ2n) is 6.57. The van der Waals surface area contributed by atoms with Crippen LogP contribution in [0.1, 0.15) is 29.4 Å². The maximum atomic E-state index is 13.0. The molecular weight excluding hydrogens is 371 g/mol. The van der Waals surface area contributed by atoms with Crippen LogP contribution in [0.5, 0.6) is 0 Å². The number of anilines is 1. The molecule has 1 aromatic heterocycles. The molecule has 29 heavy (non-hydrogen) atoms. The summed E-state index contributed by atoms with van der Waals surface area (Å²) in [6.07, 6.45) is 0.203. The van der Waals surface area contributed by atoms with Crippen LogP contribution in [0.3, 0.4) is 0 Å². The highest BCUT2D eigenvalue weighted by molar-refractivity contribution is 5.93. The van der Waals surface area contributed by atoms with Crippen LogP contribution in [0, 0.1) is 12.7 Å². The van der Waals surface area contributed by atoms with Gasteiger partial charge in [0.1, 0.15) is 5.82 Å². The molecule has 0 unspecified atom stereocenters. The summed E-state index contributed by atoms with van der Waals surface area (Å²) in [6, 6.07) is 17.1. The average Bonchev–Trinajstić information content (AvgIpc) is 3.05. The fourth-order valence-corrected chi connectivity index (χ4v) is 3.17. The molecule has 3 rings (SSSR count). The topological polar surface area (TPSA) is 60.3 Å². The van der Waals surface area contributed by atoms with E-state index in [4.69, 9.17) is 4.74 Å². The van der Waals surface area contributed by atoms with Crippen LogP contribution < -0.4 is 5.32 Å². The van der Waals surface area contributed by atoms with Gasteiger partial charge in [-0.25, -0.2) is 9.18 Å². The van der Waals surface area contributed by atoms with Gasteiger partial charge in [-0.3, -0.25) is 4.79 Å². The number of aromatic nitrogens is 1. The van der Waals surface area contributed by atoms with Crippen LogP contribution in [0.25, 0.3) is 11.3 Å². The Balaban J connectivity index is 1.82. The van der Waals surface area contributed by atoms with Gasteiger partial charge in [-0.1, -0.05) is 30.3 Å². The monoisotopic (exact) mass is 394 g/mol. The van der Waals surface area contributed by atoms with Crippen LogP contribution in [0.2, 0.25) is 0 Å². The maximum absolute atomic E-state index is 13.0. The first-order valence-corrected chi connectivity index (χ1v) is 9.47. The Hall–Kier alpha value is -3.41. The molecule has 0 saturated heterocycles. The summed E-state index contributed by atoms with van der Waals surface area (Å²) in [5.41, 5.74) is 3.57. The Morgan fingerprint density at radius 1 is 1.07 bits per heavy atom. The minimum Gasteiger partial charge on any atom is -0.462 e. The number of rotatable bonds is 7. The highest BCUT2D eigenvalue weighted by atomic mass is 19.1. The number of carbonyl (C=O) groups excluding carboxylic acids is 2. The number of nitrogens with one attached hydrogen (secondary N) is 1. The molecule has 5 nitrogen and oxygen atoms in total. The zero-order chi connectivity index (χ0) is 20.8. The van der Waals surface area contributed by atoms with E-state index in [2.05, 4.69) is 5.32 Å². The molecule has 0 aliphatic heterocycles. The van der Waals surface area contributed by atoms with Crippen molar-refractivity contribution >= 4 is 17.6 Å².